The lowest BCUT2D eigenvalue weighted by Crippen LogP contribution is -2.49. The van der Waals surface area contributed by atoms with Crippen LogP contribution in [0.15, 0.2) is 170 Å². The van der Waals surface area contributed by atoms with Gasteiger partial charge in [-0.05, 0) is 174 Å². The van der Waals surface area contributed by atoms with E-state index in [1.165, 1.54) is 106 Å². The second kappa shape index (κ2) is 20.8. The molecule has 2 nitrogen and oxygen atoms in total. The molecule has 4 bridgehead atoms. The van der Waals surface area contributed by atoms with Crippen molar-refractivity contribution in [3.05, 3.63) is 181 Å². The smallest absolute Gasteiger partial charge is 0.0379 e. The maximum atomic E-state index is 2.68. The Labute approximate surface area is 401 Å². The van der Waals surface area contributed by atoms with Crippen LogP contribution in [-0.2, 0) is 0 Å². The molecule has 1 aliphatic heterocycles. The summed E-state index contributed by atoms with van der Waals surface area (Å²) in [7, 11) is 8.24. The summed E-state index contributed by atoms with van der Waals surface area (Å²) < 4.78 is 0. The van der Waals surface area contributed by atoms with Crippen molar-refractivity contribution in [3.8, 4) is 11.1 Å². The van der Waals surface area contributed by atoms with Crippen LogP contribution in [-0.4, -0.2) is 48.8 Å². The molecular weight excluding hydrogens is 835 g/mol. The van der Waals surface area contributed by atoms with Crippen molar-refractivity contribution in [2.75, 3.05) is 28.2 Å². The molecule has 342 valence electrons. The molecule has 6 aromatic rings. The topological polar surface area (TPSA) is 6.48 Å². The Morgan fingerprint density at radius 1 is 0.561 bits per heavy atom. The van der Waals surface area contributed by atoms with Gasteiger partial charge >= 0.3 is 0 Å². The van der Waals surface area contributed by atoms with Gasteiger partial charge in [0.25, 0.3) is 0 Å². The first-order valence-electron chi connectivity index (χ1n) is 25.8. The van der Waals surface area contributed by atoms with Crippen LogP contribution in [0, 0.1) is 29.6 Å². The molecular formula is C62H74N2P2. The number of nitrogens with zero attached hydrogens (tertiary/aromatic N) is 2. The average molecular weight is 909 g/mol. The lowest BCUT2D eigenvalue weighted by atomic mass is 9.69. The summed E-state index contributed by atoms with van der Waals surface area (Å²) in [5.41, 5.74) is 6.47. The van der Waals surface area contributed by atoms with Gasteiger partial charge in [0.1, 0.15) is 0 Å². The van der Waals surface area contributed by atoms with E-state index in [-0.39, 0.29) is 5.16 Å². The third kappa shape index (κ3) is 8.96. The van der Waals surface area contributed by atoms with Crippen LogP contribution >= 0.6 is 15.8 Å². The van der Waals surface area contributed by atoms with E-state index >= 15 is 0 Å². The van der Waals surface area contributed by atoms with Crippen LogP contribution in [0.2, 0.25) is 0 Å². The van der Waals surface area contributed by atoms with Gasteiger partial charge in [-0.2, -0.15) is 0 Å². The van der Waals surface area contributed by atoms with E-state index < -0.39 is 15.8 Å². The van der Waals surface area contributed by atoms with Crippen molar-refractivity contribution >= 4 is 37.1 Å². The van der Waals surface area contributed by atoms with Crippen molar-refractivity contribution in [2.24, 2.45) is 29.6 Å². The minimum atomic E-state index is -0.773. The van der Waals surface area contributed by atoms with Crippen LogP contribution in [0.1, 0.15) is 107 Å². The van der Waals surface area contributed by atoms with Crippen molar-refractivity contribution in [1.82, 2.24) is 9.80 Å². The van der Waals surface area contributed by atoms with E-state index in [1.54, 1.807) is 21.2 Å². The van der Waals surface area contributed by atoms with E-state index in [0.717, 1.165) is 5.92 Å². The lowest BCUT2D eigenvalue weighted by molar-refractivity contribution is 0.113. The van der Waals surface area contributed by atoms with Crippen molar-refractivity contribution < 1.29 is 0 Å². The number of fused-ring (bicyclic) bond motifs is 10. The summed E-state index contributed by atoms with van der Waals surface area (Å²) in [5, 5.41) is 6.42. The number of benzene rings is 6. The maximum Gasteiger partial charge on any atom is 0.0379 e. The highest BCUT2D eigenvalue weighted by Crippen LogP contribution is 2.68. The molecule has 0 radical (unpaired) electrons. The molecule has 1 heterocycles. The highest BCUT2D eigenvalue weighted by atomic mass is 31.1. The first-order chi connectivity index (χ1) is 32.4. The highest BCUT2D eigenvalue weighted by Gasteiger charge is 2.57. The SMILES string of the molecule is CN(C)[C@@H]1c2cccc(c2)-c2ccccc2P(c2ccccc2)C2(CCCC2[C@@H](c2ccccc2)N(C)C)C2CCCCCCC(CC2)C2CCC(P(c3ccccc3)c3ccccc3)C21. The van der Waals surface area contributed by atoms with Gasteiger partial charge in [-0.1, -0.05) is 202 Å². The Balaban J connectivity index is 1.22. The second-order valence-electron chi connectivity index (χ2n) is 21.0. The second-order valence-corrected chi connectivity index (χ2v) is 25.9. The summed E-state index contributed by atoms with van der Waals surface area (Å²) in [6, 6.07) is 67.8. The van der Waals surface area contributed by atoms with Crippen LogP contribution < -0.4 is 21.2 Å². The number of rotatable bonds is 8. The molecule has 0 N–H and O–H groups in total. The summed E-state index contributed by atoms with van der Waals surface area (Å²) in [4.78, 5) is 5.27. The van der Waals surface area contributed by atoms with Crippen LogP contribution in [0.5, 0.6) is 0 Å². The van der Waals surface area contributed by atoms with Crippen molar-refractivity contribution in [1.29, 1.82) is 0 Å². The number of hydrogen-bond donors (Lipinski definition) is 0. The molecule has 3 saturated carbocycles. The molecule has 0 amide bonds. The average Bonchev–Trinajstić information content (AvgIpc) is 3.97. The van der Waals surface area contributed by atoms with Gasteiger partial charge in [-0.3, -0.25) is 0 Å². The first-order valence-corrected chi connectivity index (χ1v) is 28.5. The molecule has 8 unspecified atom stereocenters. The summed E-state index contributed by atoms with van der Waals surface area (Å²) >= 11 is 0. The van der Waals surface area contributed by atoms with Crippen LogP contribution in [0.3, 0.4) is 0 Å². The van der Waals surface area contributed by atoms with Crippen molar-refractivity contribution in [2.45, 2.75) is 106 Å². The van der Waals surface area contributed by atoms with Crippen LogP contribution in [0.25, 0.3) is 11.1 Å². The lowest BCUT2D eigenvalue weighted by Gasteiger charge is -2.53. The molecule has 0 saturated heterocycles. The molecule has 66 heavy (non-hydrogen) atoms. The van der Waals surface area contributed by atoms with E-state index in [9.17, 15) is 0 Å². The van der Waals surface area contributed by atoms with E-state index in [0.29, 0.717) is 41.4 Å². The highest BCUT2D eigenvalue weighted by molar-refractivity contribution is 7.74. The zero-order chi connectivity index (χ0) is 45.0. The van der Waals surface area contributed by atoms with E-state index in [1.807, 2.05) is 0 Å². The quantitative estimate of drug-likeness (QED) is 0.140. The molecule has 10 atom stereocenters. The Hall–Kier alpha value is -3.90. The summed E-state index contributed by atoms with van der Waals surface area (Å²) in [6.45, 7) is 0. The van der Waals surface area contributed by atoms with Crippen molar-refractivity contribution in [3.63, 3.8) is 0 Å². The Kier molecular flexibility index (Phi) is 14.4. The summed E-state index contributed by atoms with van der Waals surface area (Å²) in [5.74, 6) is 3.16. The monoisotopic (exact) mass is 909 g/mol. The molecule has 6 aromatic carbocycles. The van der Waals surface area contributed by atoms with Gasteiger partial charge in [0, 0.05) is 17.2 Å². The fourth-order valence-corrected chi connectivity index (χ4v) is 21.8. The zero-order valence-electron chi connectivity index (χ0n) is 40.3. The van der Waals surface area contributed by atoms with Gasteiger partial charge in [0.05, 0.1) is 0 Å². The molecule has 3 aliphatic carbocycles. The van der Waals surface area contributed by atoms with Gasteiger partial charge in [0.15, 0.2) is 0 Å². The van der Waals surface area contributed by atoms with E-state index in [2.05, 4.69) is 208 Å². The Morgan fingerprint density at radius 2 is 1.20 bits per heavy atom. The molecule has 0 aromatic heterocycles. The Morgan fingerprint density at radius 3 is 1.88 bits per heavy atom. The minimum absolute atomic E-state index is 0.141. The minimum Gasteiger partial charge on any atom is -0.302 e. The molecule has 10 rings (SSSR count). The predicted octanol–water partition coefficient (Wildman–Crippen LogP) is 14.1. The first kappa shape index (κ1) is 45.9. The van der Waals surface area contributed by atoms with E-state index in [4.69, 9.17) is 0 Å². The van der Waals surface area contributed by atoms with Gasteiger partial charge in [-0.25, -0.2) is 0 Å². The van der Waals surface area contributed by atoms with Crippen LogP contribution in [0.4, 0.5) is 0 Å². The molecule has 3 fully saturated rings. The largest absolute Gasteiger partial charge is 0.302 e. The summed E-state index contributed by atoms with van der Waals surface area (Å²) in [6.07, 6.45) is 17.5. The third-order valence-electron chi connectivity index (χ3n) is 17.1. The van der Waals surface area contributed by atoms with Gasteiger partial charge < -0.3 is 9.80 Å². The predicted molar refractivity (Wildman–Crippen MR) is 287 cm³/mol. The Bertz CT molecular complexity index is 2420. The van der Waals surface area contributed by atoms with Gasteiger partial charge in [0.2, 0.25) is 0 Å². The third-order valence-corrected chi connectivity index (χ3v) is 23.5. The number of hydrogen-bond acceptors (Lipinski definition) is 2. The fraction of sp³-hybridized carbons (Fsp3) is 0.419. The molecule has 1 spiro atoms. The fourth-order valence-electron chi connectivity index (χ4n) is 14.6. The normalized spacial score (nSPS) is 28.5. The zero-order valence-corrected chi connectivity index (χ0v) is 42.1. The van der Waals surface area contributed by atoms with Gasteiger partial charge in [-0.15, -0.1) is 0 Å². The maximum absolute atomic E-state index is 2.68. The standard InChI is InChI=1S/C62H74N2P2/c1-63(2)60(47-26-12-7-13-27-47)56-38-24-44-62(56)50-30-14-6-5-11-25-46(40-41-50)55-42-43-58(65(51-31-15-8-16-32-51)52-33-17-9-18-34-52)59(55)61(64(3)4)49-29-23-28-48(45-49)54-37-21-22-39-57(54)66(62)53-35-19-10-20-36-53/h7-10,12-13,15-23,26-29,31-37,39,45-46,50,55-56,58-61H,5-6,11,14,24-25,30,38,40-44H2,1-4H3/t46?,50?,55?,56?,58?,59?,60-,61-,62?,66?/m1/s1. The molecule has 4 aliphatic rings. The molecule has 4 heteroatoms.